The van der Waals surface area contributed by atoms with Gasteiger partial charge < -0.3 is 10.1 Å². The van der Waals surface area contributed by atoms with Gasteiger partial charge in [-0.3, -0.25) is 9.69 Å². The highest BCUT2D eigenvalue weighted by molar-refractivity contribution is 5.93. The molecule has 0 atom stereocenters. The number of rotatable bonds is 7. The molecule has 1 N–H and O–H groups in total. The van der Waals surface area contributed by atoms with Crippen LogP contribution in [0.4, 0.5) is 5.69 Å². The number of anilines is 1. The number of nitrogens with one attached hydrogen (secondary N) is 1. The molecule has 0 spiro atoms. The van der Waals surface area contributed by atoms with Gasteiger partial charge in [0.1, 0.15) is 5.75 Å². The van der Waals surface area contributed by atoms with Crippen molar-refractivity contribution in [1.82, 2.24) is 4.90 Å². The number of hydrogen-bond acceptors (Lipinski definition) is 3. The van der Waals surface area contributed by atoms with Crippen molar-refractivity contribution in [1.29, 1.82) is 0 Å². The zero-order chi connectivity index (χ0) is 20.1. The van der Waals surface area contributed by atoms with Crippen molar-refractivity contribution in [3.63, 3.8) is 0 Å². The van der Waals surface area contributed by atoms with Gasteiger partial charge in [-0.2, -0.15) is 0 Å². The minimum Gasteiger partial charge on any atom is -0.497 e. The van der Waals surface area contributed by atoms with E-state index in [1.165, 1.54) is 10.9 Å². The number of methoxy groups -OCH3 is 1. The molecule has 0 unspecified atom stereocenters. The summed E-state index contributed by atoms with van der Waals surface area (Å²) in [5, 5.41) is 5.37. The number of benzene rings is 3. The van der Waals surface area contributed by atoms with Crippen LogP contribution in [0.1, 0.15) is 30.9 Å². The molecule has 1 amide bonds. The number of nitrogens with zero attached hydrogens (tertiary/aromatic N) is 1. The summed E-state index contributed by atoms with van der Waals surface area (Å²) in [4.78, 5) is 14.5. The molecule has 0 bridgehead atoms. The first-order chi connectivity index (χ1) is 13.5. The van der Waals surface area contributed by atoms with Crippen LogP contribution in [0.3, 0.4) is 0 Å². The second-order valence-electron chi connectivity index (χ2n) is 7.51. The summed E-state index contributed by atoms with van der Waals surface area (Å²) in [6, 6.07) is 20.4. The first kappa shape index (κ1) is 19.9. The molecular weight excluding hydrogens is 348 g/mol. The number of carbonyl (C=O) groups excluding carboxylic acids is 1. The highest BCUT2D eigenvalue weighted by atomic mass is 16.5. The number of para-hydroxylation sites is 1. The van der Waals surface area contributed by atoms with Gasteiger partial charge in [0.05, 0.1) is 13.7 Å². The molecule has 3 aromatic carbocycles. The quantitative estimate of drug-likeness (QED) is 0.628. The summed E-state index contributed by atoms with van der Waals surface area (Å²) in [5.74, 6) is 1.22. The highest BCUT2D eigenvalue weighted by Gasteiger charge is 2.11. The molecule has 0 saturated carbocycles. The summed E-state index contributed by atoms with van der Waals surface area (Å²) in [7, 11) is 3.64. The normalized spacial score (nSPS) is 11.2. The molecule has 0 fully saturated rings. The molecule has 0 heterocycles. The Bertz CT molecular complexity index is 966. The van der Waals surface area contributed by atoms with Crippen LogP contribution in [0.5, 0.6) is 5.75 Å². The molecule has 146 valence electrons. The van der Waals surface area contributed by atoms with Gasteiger partial charge in [0.25, 0.3) is 0 Å². The molecule has 0 radical (unpaired) electrons. The Morgan fingerprint density at radius 1 is 1.04 bits per heavy atom. The summed E-state index contributed by atoms with van der Waals surface area (Å²) in [6.45, 7) is 5.31. The predicted octanol–water partition coefficient (Wildman–Crippen LogP) is 5.04. The Labute approximate surface area is 167 Å². The average Bonchev–Trinajstić information content (AvgIpc) is 2.67. The van der Waals surface area contributed by atoms with E-state index in [1.807, 2.05) is 42.3 Å². The Morgan fingerprint density at radius 2 is 1.75 bits per heavy atom. The van der Waals surface area contributed by atoms with E-state index in [0.717, 1.165) is 22.4 Å². The molecule has 4 heteroatoms. The molecule has 0 aromatic heterocycles. The zero-order valence-electron chi connectivity index (χ0n) is 17.0. The van der Waals surface area contributed by atoms with Gasteiger partial charge >= 0.3 is 0 Å². The third-order valence-corrected chi connectivity index (χ3v) is 4.83. The van der Waals surface area contributed by atoms with E-state index in [-0.39, 0.29) is 5.91 Å². The fourth-order valence-corrected chi connectivity index (χ4v) is 3.42. The molecule has 3 rings (SSSR count). The van der Waals surface area contributed by atoms with Crippen LogP contribution in [0, 0.1) is 0 Å². The number of ether oxygens (including phenoxy) is 1. The summed E-state index contributed by atoms with van der Waals surface area (Å²) >= 11 is 0. The van der Waals surface area contributed by atoms with E-state index in [1.54, 1.807) is 7.11 Å². The van der Waals surface area contributed by atoms with Crippen LogP contribution in [0.25, 0.3) is 10.8 Å². The van der Waals surface area contributed by atoms with Gasteiger partial charge in [-0.05, 0) is 59.1 Å². The molecule has 28 heavy (non-hydrogen) atoms. The third kappa shape index (κ3) is 4.90. The lowest BCUT2D eigenvalue weighted by Crippen LogP contribution is -2.30. The summed E-state index contributed by atoms with van der Waals surface area (Å²) in [6.07, 6.45) is 0. The first-order valence-electron chi connectivity index (χ1n) is 9.60. The minimum atomic E-state index is 0.00104. The molecule has 0 aliphatic carbocycles. The smallest absolute Gasteiger partial charge is 0.238 e. The first-order valence-corrected chi connectivity index (χ1v) is 9.60. The number of carbonyl (C=O) groups is 1. The van der Waals surface area contributed by atoms with Crippen LogP contribution >= 0.6 is 0 Å². The van der Waals surface area contributed by atoms with Crippen LogP contribution in [-0.4, -0.2) is 31.5 Å². The second-order valence-corrected chi connectivity index (χ2v) is 7.51. The summed E-state index contributed by atoms with van der Waals surface area (Å²) in [5.41, 5.74) is 3.23. The largest absolute Gasteiger partial charge is 0.497 e. The van der Waals surface area contributed by atoms with E-state index in [4.69, 9.17) is 4.74 Å². The van der Waals surface area contributed by atoms with Gasteiger partial charge in [-0.15, -0.1) is 0 Å². The monoisotopic (exact) mass is 376 g/mol. The molecule has 3 aromatic rings. The molecular formula is C24H28N2O2. The Balaban J connectivity index is 1.63. The standard InChI is InChI=1S/C24H28N2O2/c1-17(2)22-7-5-6-8-23(22)25-24(27)16-26(3)15-18-9-10-20-14-21(28-4)12-11-19(20)13-18/h5-14,17H,15-16H2,1-4H3,(H,25,27). The second kappa shape index (κ2) is 8.89. The molecule has 0 saturated heterocycles. The van der Waals surface area contributed by atoms with Gasteiger partial charge in [-0.25, -0.2) is 0 Å². The van der Waals surface area contributed by atoms with Crippen molar-refractivity contribution in [2.24, 2.45) is 0 Å². The number of hydrogen-bond donors (Lipinski definition) is 1. The lowest BCUT2D eigenvalue weighted by molar-refractivity contribution is -0.117. The van der Waals surface area contributed by atoms with Crippen LogP contribution in [0.2, 0.25) is 0 Å². The fraction of sp³-hybridized carbons (Fsp3) is 0.292. The molecule has 0 aliphatic heterocycles. The van der Waals surface area contributed by atoms with Gasteiger partial charge in [-0.1, -0.05) is 50.2 Å². The van der Waals surface area contributed by atoms with E-state index in [2.05, 4.69) is 49.5 Å². The van der Waals surface area contributed by atoms with E-state index >= 15 is 0 Å². The maximum atomic E-state index is 12.5. The summed E-state index contributed by atoms with van der Waals surface area (Å²) < 4.78 is 5.28. The van der Waals surface area contributed by atoms with E-state index < -0.39 is 0 Å². The van der Waals surface area contributed by atoms with Crippen molar-refractivity contribution < 1.29 is 9.53 Å². The molecule has 4 nitrogen and oxygen atoms in total. The predicted molar refractivity (Wildman–Crippen MR) is 116 cm³/mol. The Morgan fingerprint density at radius 3 is 2.50 bits per heavy atom. The highest BCUT2D eigenvalue weighted by Crippen LogP contribution is 2.24. The lowest BCUT2D eigenvalue weighted by Gasteiger charge is -2.18. The van der Waals surface area contributed by atoms with Crippen molar-refractivity contribution in [2.45, 2.75) is 26.3 Å². The van der Waals surface area contributed by atoms with Crippen molar-refractivity contribution in [3.8, 4) is 5.75 Å². The maximum absolute atomic E-state index is 12.5. The fourth-order valence-electron chi connectivity index (χ4n) is 3.42. The lowest BCUT2D eigenvalue weighted by atomic mass is 10.0. The topological polar surface area (TPSA) is 41.6 Å². The Kier molecular flexibility index (Phi) is 6.32. The minimum absolute atomic E-state index is 0.00104. The van der Waals surface area contributed by atoms with Gasteiger partial charge in [0, 0.05) is 12.2 Å². The number of fused-ring (bicyclic) bond motifs is 1. The third-order valence-electron chi connectivity index (χ3n) is 4.83. The Hall–Kier alpha value is -2.85. The SMILES string of the molecule is COc1ccc2cc(CN(C)CC(=O)Nc3ccccc3C(C)C)ccc2c1. The molecule has 0 aliphatic rings. The zero-order valence-corrected chi connectivity index (χ0v) is 17.0. The van der Waals surface area contributed by atoms with Crippen LogP contribution in [0.15, 0.2) is 60.7 Å². The number of amides is 1. The van der Waals surface area contributed by atoms with Crippen molar-refractivity contribution in [3.05, 3.63) is 71.8 Å². The van der Waals surface area contributed by atoms with Gasteiger partial charge in [0.15, 0.2) is 0 Å². The van der Waals surface area contributed by atoms with Crippen molar-refractivity contribution >= 4 is 22.4 Å². The van der Waals surface area contributed by atoms with Gasteiger partial charge in [0.2, 0.25) is 5.91 Å². The number of likely N-dealkylation sites (N-methyl/N-ethyl adjacent to an activating group) is 1. The van der Waals surface area contributed by atoms with Crippen LogP contribution in [-0.2, 0) is 11.3 Å². The van der Waals surface area contributed by atoms with Crippen LogP contribution < -0.4 is 10.1 Å². The van der Waals surface area contributed by atoms with E-state index in [9.17, 15) is 4.79 Å². The average molecular weight is 377 g/mol. The van der Waals surface area contributed by atoms with E-state index in [0.29, 0.717) is 19.0 Å². The maximum Gasteiger partial charge on any atom is 0.238 e. The van der Waals surface area contributed by atoms with Crippen molar-refractivity contribution in [2.75, 3.05) is 26.0 Å².